The molecule has 4 amide bonds. The Morgan fingerprint density at radius 3 is 2.48 bits per heavy atom. The first-order valence-corrected chi connectivity index (χ1v) is 20.7. The van der Waals surface area contributed by atoms with Crippen molar-refractivity contribution in [1.82, 2.24) is 25.2 Å². The Bertz CT molecular complexity index is 1970. The first-order valence-electron chi connectivity index (χ1n) is 19.2. The lowest BCUT2D eigenvalue weighted by Gasteiger charge is -2.33. The van der Waals surface area contributed by atoms with E-state index < -0.39 is 93.3 Å². The summed E-state index contributed by atoms with van der Waals surface area (Å²) in [7, 11) is -3.94. The molecule has 3 heterocycles. The molecule has 14 nitrogen and oxygen atoms in total. The number of carbonyl (C=O) groups excluding carboxylic acids is 4. The van der Waals surface area contributed by atoms with Crippen LogP contribution in [0.25, 0.3) is 10.8 Å². The van der Waals surface area contributed by atoms with Crippen molar-refractivity contribution in [2.75, 3.05) is 13.2 Å². The number of alkyl halides is 2. The molecule has 4 aliphatic rings. The van der Waals surface area contributed by atoms with E-state index in [1.54, 1.807) is 45.0 Å². The molecule has 0 spiro atoms. The maximum Gasteiger partial charge on any atom is 0.408 e. The third-order valence-electron chi connectivity index (χ3n) is 10.7. The van der Waals surface area contributed by atoms with E-state index in [0.29, 0.717) is 36.5 Å². The molecule has 0 bridgehead atoms. The summed E-state index contributed by atoms with van der Waals surface area (Å²) >= 11 is 0. The van der Waals surface area contributed by atoms with Gasteiger partial charge in [0, 0.05) is 23.1 Å². The van der Waals surface area contributed by atoms with Gasteiger partial charge in [-0.3, -0.25) is 19.1 Å². The molecule has 3 fully saturated rings. The number of alkyl carbamates (subject to hydrolysis) is 1. The lowest BCUT2D eigenvalue weighted by Crippen LogP contribution is -2.59. The number of rotatable bonds is 9. The number of amides is 4. The molecule has 306 valence electrons. The van der Waals surface area contributed by atoms with Crippen LogP contribution in [0.15, 0.2) is 42.6 Å². The summed E-state index contributed by atoms with van der Waals surface area (Å²) in [6.07, 6.45) is 3.61. The molecular formula is C39H51F2N5O9S. The third-order valence-corrected chi connectivity index (χ3v) is 12.5. The molecule has 6 rings (SSSR count). The van der Waals surface area contributed by atoms with Gasteiger partial charge in [0.25, 0.3) is 12.3 Å². The van der Waals surface area contributed by atoms with Crippen molar-refractivity contribution in [3.63, 3.8) is 0 Å². The molecule has 3 N–H and O–H groups in total. The van der Waals surface area contributed by atoms with Crippen molar-refractivity contribution in [1.29, 1.82) is 0 Å². The van der Waals surface area contributed by atoms with E-state index in [9.17, 15) is 36.4 Å². The molecule has 2 saturated carbocycles. The predicted molar refractivity (Wildman–Crippen MR) is 201 cm³/mol. The molecule has 2 aromatic rings. The van der Waals surface area contributed by atoms with E-state index in [4.69, 9.17) is 14.2 Å². The normalized spacial score (nSPS) is 28.7. The van der Waals surface area contributed by atoms with Gasteiger partial charge in [0.2, 0.25) is 27.7 Å². The van der Waals surface area contributed by atoms with Crippen LogP contribution in [0.3, 0.4) is 0 Å². The average Bonchev–Trinajstić information content (AvgIpc) is 4.04. The van der Waals surface area contributed by atoms with Crippen LogP contribution in [0.2, 0.25) is 0 Å². The second kappa shape index (κ2) is 16.1. The molecular weight excluding hydrogens is 753 g/mol. The summed E-state index contributed by atoms with van der Waals surface area (Å²) in [6, 6.07) is 4.46. The number of fused-ring (bicyclic) bond motifs is 3. The van der Waals surface area contributed by atoms with E-state index in [1.165, 1.54) is 11.1 Å². The second-order valence-electron chi connectivity index (χ2n) is 16.6. The summed E-state index contributed by atoms with van der Waals surface area (Å²) in [5.41, 5.74) is -2.43. The zero-order valence-corrected chi connectivity index (χ0v) is 33.1. The molecule has 17 heteroatoms. The fourth-order valence-electron chi connectivity index (χ4n) is 7.59. The van der Waals surface area contributed by atoms with E-state index in [-0.39, 0.29) is 36.9 Å². The van der Waals surface area contributed by atoms with Crippen LogP contribution in [0.5, 0.6) is 11.6 Å². The summed E-state index contributed by atoms with van der Waals surface area (Å²) in [5, 5.41) is 5.86. The molecule has 1 aromatic carbocycles. The molecule has 1 aromatic heterocycles. The van der Waals surface area contributed by atoms with E-state index in [1.807, 2.05) is 26.0 Å². The zero-order valence-electron chi connectivity index (χ0n) is 32.3. The first-order chi connectivity index (χ1) is 26.4. The van der Waals surface area contributed by atoms with Crippen molar-refractivity contribution in [3.8, 4) is 11.6 Å². The minimum Gasteiger partial charge on any atom is -0.485 e. The minimum atomic E-state index is -3.94. The maximum absolute atomic E-state index is 14.7. The van der Waals surface area contributed by atoms with E-state index >= 15 is 0 Å². The first kappa shape index (κ1) is 41.1. The summed E-state index contributed by atoms with van der Waals surface area (Å²) < 4.78 is 71.1. The highest BCUT2D eigenvalue weighted by Gasteiger charge is 2.62. The standard InChI is InChI=1S/C39H51F2N5O9S/c1-22-10-6-7-11-24-18-39(24,36(49)45-56(51,52)26-14-15-26)44-33(47)29-17-25(20-46(29)35(48)32(23(2)16-22)43-37(50)55-38(3,4)5)54-34-28-13-9-8-12-27(28)30(19-42-34)53-21-31(40)41/h7-9,11-13,19,22-26,29,31-32H,6,10,14-18,20-21H2,1-5H3,(H,43,50)(H,44,47)(H,45,49). The van der Waals surface area contributed by atoms with Crippen molar-refractivity contribution in [2.45, 2.75) is 121 Å². The van der Waals surface area contributed by atoms with Crippen molar-refractivity contribution < 1.29 is 50.6 Å². The highest BCUT2D eigenvalue weighted by atomic mass is 32.2. The van der Waals surface area contributed by atoms with Gasteiger partial charge in [-0.05, 0) is 77.2 Å². The summed E-state index contributed by atoms with van der Waals surface area (Å²) in [6.45, 7) is 8.05. The van der Waals surface area contributed by atoms with Gasteiger partial charge in [-0.2, -0.15) is 0 Å². The fourth-order valence-corrected chi connectivity index (χ4v) is 8.96. The largest absolute Gasteiger partial charge is 0.485 e. The fraction of sp³-hybridized carbons (Fsp3) is 0.615. The number of ether oxygens (including phenoxy) is 3. The number of pyridine rings is 1. The molecule has 56 heavy (non-hydrogen) atoms. The van der Waals surface area contributed by atoms with Crippen LogP contribution in [0.1, 0.15) is 79.6 Å². The minimum absolute atomic E-state index is 0.0558. The van der Waals surface area contributed by atoms with Crippen LogP contribution in [-0.2, 0) is 29.1 Å². The van der Waals surface area contributed by atoms with Crippen molar-refractivity contribution in [3.05, 3.63) is 42.6 Å². The van der Waals surface area contributed by atoms with E-state index in [2.05, 4.69) is 20.3 Å². The van der Waals surface area contributed by atoms with Crippen LogP contribution in [0, 0.1) is 17.8 Å². The van der Waals surface area contributed by atoms with Crippen LogP contribution >= 0.6 is 0 Å². The Morgan fingerprint density at radius 1 is 1.09 bits per heavy atom. The highest BCUT2D eigenvalue weighted by Crippen LogP contribution is 2.46. The number of carbonyl (C=O) groups is 4. The molecule has 1 saturated heterocycles. The van der Waals surface area contributed by atoms with Crippen LogP contribution < -0.4 is 24.8 Å². The second-order valence-corrected chi connectivity index (χ2v) is 18.5. The number of benzene rings is 1. The van der Waals surface area contributed by atoms with Crippen LogP contribution in [0.4, 0.5) is 13.6 Å². The van der Waals surface area contributed by atoms with Gasteiger partial charge in [-0.1, -0.05) is 44.2 Å². The number of hydrogen-bond acceptors (Lipinski definition) is 10. The number of hydrogen-bond donors (Lipinski definition) is 3. The SMILES string of the molecule is CC1CCC=CC2CC2(C(=O)NS(=O)(=O)C2CC2)NC(=O)C2CC(Oc3ncc(OCC(F)F)c4ccccc34)CN2C(=O)C(NC(=O)OC(C)(C)C)C(C)C1. The predicted octanol–water partition coefficient (Wildman–Crippen LogP) is 4.62. The molecule has 2 aliphatic heterocycles. The third kappa shape index (κ3) is 9.52. The quantitative estimate of drug-likeness (QED) is 0.303. The number of nitrogens with one attached hydrogen (secondary N) is 3. The number of allylic oxidation sites excluding steroid dienone is 1. The van der Waals surface area contributed by atoms with Gasteiger partial charge in [-0.15, -0.1) is 0 Å². The van der Waals surface area contributed by atoms with Gasteiger partial charge in [-0.25, -0.2) is 27.0 Å². The smallest absolute Gasteiger partial charge is 0.408 e. The highest BCUT2D eigenvalue weighted by molar-refractivity contribution is 7.91. The molecule has 7 atom stereocenters. The Kier molecular flexibility index (Phi) is 11.8. The van der Waals surface area contributed by atoms with Crippen molar-refractivity contribution in [2.24, 2.45) is 17.8 Å². The van der Waals surface area contributed by atoms with E-state index in [0.717, 1.165) is 6.42 Å². The monoisotopic (exact) mass is 803 g/mol. The van der Waals surface area contributed by atoms with Gasteiger partial charge in [0.1, 0.15) is 41.7 Å². The number of aromatic nitrogens is 1. The molecule has 2 aliphatic carbocycles. The number of sulfonamides is 1. The molecule has 7 unspecified atom stereocenters. The van der Waals surface area contributed by atoms with Gasteiger partial charge in [0.15, 0.2) is 0 Å². The molecule has 0 radical (unpaired) electrons. The number of halogens is 2. The lowest BCUT2D eigenvalue weighted by atomic mass is 9.88. The van der Waals surface area contributed by atoms with Gasteiger partial charge < -0.3 is 29.7 Å². The topological polar surface area (TPSA) is 182 Å². The Labute approximate surface area is 325 Å². The summed E-state index contributed by atoms with van der Waals surface area (Å²) in [5.74, 6) is -2.62. The Balaban J connectivity index is 1.34. The van der Waals surface area contributed by atoms with Gasteiger partial charge >= 0.3 is 6.09 Å². The number of nitrogens with zero attached hydrogens (tertiary/aromatic N) is 2. The Hall–Kier alpha value is -4.54. The summed E-state index contributed by atoms with van der Waals surface area (Å²) in [4.78, 5) is 61.8. The average molecular weight is 804 g/mol. The van der Waals surface area contributed by atoms with Crippen molar-refractivity contribution >= 4 is 44.6 Å². The van der Waals surface area contributed by atoms with Crippen LogP contribution in [-0.4, -0.2) is 96.3 Å². The van der Waals surface area contributed by atoms with Gasteiger partial charge in [0.05, 0.1) is 18.0 Å². The maximum atomic E-state index is 14.7. The zero-order chi connectivity index (χ0) is 40.6. The Morgan fingerprint density at radius 2 is 1.80 bits per heavy atom. The lowest BCUT2D eigenvalue weighted by molar-refractivity contribution is -0.142.